The summed E-state index contributed by atoms with van der Waals surface area (Å²) in [6, 6.07) is 7.38. The summed E-state index contributed by atoms with van der Waals surface area (Å²) in [4.78, 5) is 6.37. The minimum Gasteiger partial charge on any atom is -0.492 e. The number of ether oxygens (including phenoxy) is 1. The van der Waals surface area contributed by atoms with Crippen LogP contribution >= 0.6 is 11.6 Å². The highest BCUT2D eigenvalue weighted by atomic mass is 35.5. The SMILES string of the molecule is CN=C(NCCCc1cnn(C)c1)N(C)CCOc1ccc(Cl)cc1. The van der Waals surface area contributed by atoms with E-state index in [9.17, 15) is 0 Å². The van der Waals surface area contributed by atoms with Crippen molar-refractivity contribution in [1.82, 2.24) is 20.0 Å². The summed E-state index contributed by atoms with van der Waals surface area (Å²) in [5.74, 6) is 1.68. The second-order valence-electron chi connectivity index (χ2n) is 5.82. The molecule has 1 aromatic heterocycles. The third kappa shape index (κ3) is 6.66. The molecule has 0 amide bonds. The molecule has 0 bridgehead atoms. The molecule has 25 heavy (non-hydrogen) atoms. The van der Waals surface area contributed by atoms with Crippen molar-refractivity contribution in [3.63, 3.8) is 0 Å². The number of aryl methyl sites for hydroxylation is 2. The van der Waals surface area contributed by atoms with Crippen LogP contribution in [0.25, 0.3) is 0 Å². The van der Waals surface area contributed by atoms with Gasteiger partial charge in [0.2, 0.25) is 0 Å². The highest BCUT2D eigenvalue weighted by Crippen LogP contribution is 2.15. The Labute approximate surface area is 154 Å². The van der Waals surface area contributed by atoms with Gasteiger partial charge in [-0.25, -0.2) is 0 Å². The first-order valence-corrected chi connectivity index (χ1v) is 8.74. The third-order valence-electron chi connectivity index (χ3n) is 3.77. The van der Waals surface area contributed by atoms with E-state index < -0.39 is 0 Å². The molecule has 0 aliphatic heterocycles. The van der Waals surface area contributed by atoms with Crippen LogP contribution in [0.4, 0.5) is 0 Å². The van der Waals surface area contributed by atoms with Crippen molar-refractivity contribution in [2.75, 3.05) is 33.8 Å². The molecule has 0 saturated heterocycles. The van der Waals surface area contributed by atoms with Crippen LogP contribution in [-0.4, -0.2) is 54.4 Å². The van der Waals surface area contributed by atoms with Crippen LogP contribution in [0.15, 0.2) is 41.7 Å². The molecule has 1 heterocycles. The van der Waals surface area contributed by atoms with Crippen molar-refractivity contribution in [2.24, 2.45) is 12.0 Å². The average molecular weight is 364 g/mol. The monoisotopic (exact) mass is 363 g/mol. The van der Waals surface area contributed by atoms with Gasteiger partial charge in [-0.15, -0.1) is 0 Å². The first-order valence-electron chi connectivity index (χ1n) is 8.36. The summed E-state index contributed by atoms with van der Waals surface area (Å²) in [5.41, 5.74) is 1.25. The predicted octanol–water partition coefficient (Wildman–Crippen LogP) is 2.59. The summed E-state index contributed by atoms with van der Waals surface area (Å²) in [6.07, 6.45) is 5.99. The van der Waals surface area contributed by atoms with E-state index in [0.29, 0.717) is 11.6 Å². The highest BCUT2D eigenvalue weighted by molar-refractivity contribution is 6.30. The molecule has 0 aliphatic carbocycles. The molecule has 2 rings (SSSR count). The van der Waals surface area contributed by atoms with Crippen molar-refractivity contribution in [3.05, 3.63) is 47.2 Å². The lowest BCUT2D eigenvalue weighted by molar-refractivity contribution is 0.281. The molecule has 1 N–H and O–H groups in total. The molecule has 1 aromatic carbocycles. The van der Waals surface area contributed by atoms with E-state index in [0.717, 1.165) is 37.6 Å². The van der Waals surface area contributed by atoms with Gasteiger partial charge < -0.3 is 15.0 Å². The Morgan fingerprint density at radius 3 is 2.76 bits per heavy atom. The van der Waals surface area contributed by atoms with Gasteiger partial charge in [0.1, 0.15) is 12.4 Å². The van der Waals surface area contributed by atoms with E-state index in [1.54, 1.807) is 7.05 Å². The van der Waals surface area contributed by atoms with Crippen molar-refractivity contribution < 1.29 is 4.74 Å². The van der Waals surface area contributed by atoms with Crippen LogP contribution in [0.2, 0.25) is 5.02 Å². The number of benzene rings is 1. The quantitative estimate of drug-likeness (QED) is 0.445. The fourth-order valence-electron chi connectivity index (χ4n) is 2.42. The number of aliphatic imine (C=N–C) groups is 1. The molecule has 7 heteroatoms. The van der Waals surface area contributed by atoms with Gasteiger partial charge in [0.15, 0.2) is 5.96 Å². The molecule has 0 aliphatic rings. The zero-order chi connectivity index (χ0) is 18.1. The normalized spacial score (nSPS) is 11.4. The van der Waals surface area contributed by atoms with Gasteiger partial charge >= 0.3 is 0 Å². The minimum atomic E-state index is 0.578. The number of aromatic nitrogens is 2. The first kappa shape index (κ1) is 19.1. The van der Waals surface area contributed by atoms with Crippen LogP contribution in [0.5, 0.6) is 5.75 Å². The molecular weight excluding hydrogens is 338 g/mol. The number of nitrogens with one attached hydrogen (secondary N) is 1. The van der Waals surface area contributed by atoms with Crippen molar-refractivity contribution in [3.8, 4) is 5.75 Å². The predicted molar refractivity (Wildman–Crippen MR) is 102 cm³/mol. The molecule has 0 spiro atoms. The molecule has 136 valence electrons. The second kappa shape index (κ2) is 9.93. The lowest BCUT2D eigenvalue weighted by Crippen LogP contribution is -2.41. The Balaban J connectivity index is 1.65. The van der Waals surface area contributed by atoms with Crippen LogP contribution in [0, 0.1) is 0 Å². The summed E-state index contributed by atoms with van der Waals surface area (Å²) >= 11 is 5.86. The Hall–Kier alpha value is -2.21. The van der Waals surface area contributed by atoms with Gasteiger partial charge in [-0.3, -0.25) is 9.67 Å². The third-order valence-corrected chi connectivity index (χ3v) is 4.02. The topological polar surface area (TPSA) is 54.7 Å². The van der Waals surface area contributed by atoms with Gasteiger partial charge in [0.25, 0.3) is 0 Å². The van der Waals surface area contributed by atoms with E-state index in [2.05, 4.69) is 26.5 Å². The van der Waals surface area contributed by atoms with E-state index in [1.807, 2.05) is 49.2 Å². The van der Waals surface area contributed by atoms with E-state index >= 15 is 0 Å². The van der Waals surface area contributed by atoms with Crippen LogP contribution in [-0.2, 0) is 13.5 Å². The lowest BCUT2D eigenvalue weighted by atomic mass is 10.2. The first-order chi connectivity index (χ1) is 12.1. The number of hydrogen-bond acceptors (Lipinski definition) is 3. The Morgan fingerprint density at radius 2 is 2.12 bits per heavy atom. The maximum atomic E-state index is 5.86. The molecule has 2 aromatic rings. The summed E-state index contributed by atoms with van der Waals surface area (Å²) in [5, 5.41) is 8.27. The van der Waals surface area contributed by atoms with E-state index in [4.69, 9.17) is 16.3 Å². The van der Waals surface area contributed by atoms with Gasteiger partial charge in [0, 0.05) is 38.9 Å². The minimum absolute atomic E-state index is 0.578. The molecule has 0 radical (unpaired) electrons. The number of guanidine groups is 1. The van der Waals surface area contributed by atoms with Crippen molar-refractivity contribution in [1.29, 1.82) is 0 Å². The summed E-state index contributed by atoms with van der Waals surface area (Å²) < 4.78 is 7.55. The molecular formula is C18H26ClN5O. The van der Waals surface area contributed by atoms with Gasteiger partial charge in [0.05, 0.1) is 12.7 Å². The molecule has 0 unspecified atom stereocenters. The van der Waals surface area contributed by atoms with Crippen molar-refractivity contribution in [2.45, 2.75) is 12.8 Å². The van der Waals surface area contributed by atoms with Crippen LogP contribution < -0.4 is 10.1 Å². The molecule has 6 nitrogen and oxygen atoms in total. The summed E-state index contributed by atoms with van der Waals surface area (Å²) in [6.45, 7) is 2.18. The highest BCUT2D eigenvalue weighted by Gasteiger charge is 2.06. The lowest BCUT2D eigenvalue weighted by Gasteiger charge is -2.22. The molecule has 0 fully saturated rings. The summed E-state index contributed by atoms with van der Waals surface area (Å²) in [7, 11) is 5.73. The number of likely N-dealkylation sites (N-methyl/N-ethyl adjacent to an activating group) is 1. The van der Waals surface area contributed by atoms with Crippen LogP contribution in [0.1, 0.15) is 12.0 Å². The van der Waals surface area contributed by atoms with Gasteiger partial charge in [-0.2, -0.15) is 5.10 Å². The number of rotatable bonds is 8. The standard InChI is InChI=1S/C18H26ClN5O/c1-20-18(21-10-4-5-15-13-22-24(3)14-15)23(2)11-12-25-17-8-6-16(19)7-9-17/h6-9,13-14H,4-5,10-12H2,1-3H3,(H,20,21). The Morgan fingerprint density at radius 1 is 1.36 bits per heavy atom. The fraction of sp³-hybridized carbons (Fsp3) is 0.444. The van der Waals surface area contributed by atoms with Gasteiger partial charge in [-0.1, -0.05) is 11.6 Å². The smallest absolute Gasteiger partial charge is 0.193 e. The Bertz CT molecular complexity index is 668. The number of halogens is 1. The van der Waals surface area contributed by atoms with Gasteiger partial charge in [-0.05, 0) is 42.7 Å². The largest absolute Gasteiger partial charge is 0.492 e. The van der Waals surface area contributed by atoms with Crippen LogP contribution in [0.3, 0.4) is 0 Å². The Kier molecular flexibility index (Phi) is 7.60. The number of hydrogen-bond donors (Lipinski definition) is 1. The number of nitrogens with zero attached hydrogens (tertiary/aromatic N) is 4. The van der Waals surface area contributed by atoms with E-state index in [1.165, 1.54) is 5.56 Å². The zero-order valence-electron chi connectivity index (χ0n) is 15.1. The maximum Gasteiger partial charge on any atom is 0.193 e. The molecule has 0 saturated carbocycles. The van der Waals surface area contributed by atoms with Crippen molar-refractivity contribution >= 4 is 17.6 Å². The second-order valence-corrected chi connectivity index (χ2v) is 6.26. The maximum absolute atomic E-state index is 5.86. The average Bonchev–Trinajstić information content (AvgIpc) is 3.02. The fourth-order valence-corrected chi connectivity index (χ4v) is 2.54. The van der Waals surface area contributed by atoms with E-state index in [-0.39, 0.29) is 0 Å². The zero-order valence-corrected chi connectivity index (χ0v) is 15.8. The molecule has 0 atom stereocenters.